The molecule has 3 atom stereocenters. The van der Waals surface area contributed by atoms with Gasteiger partial charge in [0.05, 0.1) is 16.8 Å². The van der Waals surface area contributed by atoms with E-state index in [0.29, 0.717) is 12.0 Å². The average Bonchev–Trinajstić information content (AvgIpc) is 2.88. The van der Waals surface area contributed by atoms with Crippen LogP contribution in [-0.4, -0.2) is 20.8 Å². The van der Waals surface area contributed by atoms with Gasteiger partial charge in [-0.1, -0.05) is 0 Å². The molecule has 2 heterocycles. The third-order valence-electron chi connectivity index (χ3n) is 7.09. The number of hydrogen-bond donors (Lipinski definition) is 1. The number of halogens is 1. The maximum Gasteiger partial charge on any atom is 0.146 e. The summed E-state index contributed by atoms with van der Waals surface area (Å²) in [5.74, 6) is 4.07. The van der Waals surface area contributed by atoms with E-state index >= 15 is 0 Å². The Morgan fingerprint density at radius 3 is 2.75 bits per heavy atom. The number of hydrogen-bond acceptors (Lipinski definition) is 3. The predicted octanol–water partition coefficient (Wildman–Crippen LogP) is 3.59. The number of nitrogens with zero attached hydrogens (tertiary/aromatic N) is 3. The molecule has 1 aromatic heterocycles. The van der Waals surface area contributed by atoms with Crippen LogP contribution >= 0.6 is 0 Å². The molecule has 1 N–H and O–H groups in total. The molecule has 1 spiro atoms. The summed E-state index contributed by atoms with van der Waals surface area (Å²) in [4.78, 5) is 0. The van der Waals surface area contributed by atoms with Gasteiger partial charge in [-0.3, -0.25) is 4.57 Å². The molecular weight excluding hydrogens is 303 g/mol. The molecule has 4 saturated carbocycles. The minimum atomic E-state index is -0.206. The summed E-state index contributed by atoms with van der Waals surface area (Å²) in [7, 11) is 0. The van der Waals surface area contributed by atoms with Crippen LogP contribution in [0, 0.1) is 30.5 Å². The van der Waals surface area contributed by atoms with Crippen LogP contribution in [0.25, 0.3) is 5.69 Å². The van der Waals surface area contributed by atoms with Crippen molar-refractivity contribution >= 4 is 5.69 Å². The second-order valence-electron chi connectivity index (χ2n) is 8.45. The van der Waals surface area contributed by atoms with Gasteiger partial charge in [0.2, 0.25) is 0 Å². The summed E-state index contributed by atoms with van der Waals surface area (Å²) in [5.41, 5.74) is 1.95. The van der Waals surface area contributed by atoms with Gasteiger partial charge in [-0.05, 0) is 68.9 Å². The highest BCUT2D eigenvalue weighted by Crippen LogP contribution is 2.62. The van der Waals surface area contributed by atoms with Crippen molar-refractivity contribution in [1.29, 1.82) is 0 Å². The third-order valence-corrected chi connectivity index (χ3v) is 7.09. The van der Waals surface area contributed by atoms with E-state index in [1.54, 1.807) is 12.1 Å². The quantitative estimate of drug-likeness (QED) is 0.805. The number of fused-ring (bicyclic) bond motifs is 3. The van der Waals surface area contributed by atoms with Crippen molar-refractivity contribution in [1.82, 2.24) is 14.8 Å². The topological polar surface area (TPSA) is 42.7 Å². The van der Waals surface area contributed by atoms with Crippen LogP contribution in [-0.2, 0) is 5.41 Å². The van der Waals surface area contributed by atoms with Crippen molar-refractivity contribution in [3.63, 3.8) is 0 Å². The summed E-state index contributed by atoms with van der Waals surface area (Å²) in [6.07, 6.45) is 6.46. The van der Waals surface area contributed by atoms with Gasteiger partial charge in [0, 0.05) is 12.1 Å². The van der Waals surface area contributed by atoms with E-state index in [1.807, 2.05) is 13.0 Å². The third kappa shape index (κ3) is 1.49. The van der Waals surface area contributed by atoms with E-state index in [2.05, 4.69) is 20.1 Å². The maximum atomic E-state index is 14.0. The van der Waals surface area contributed by atoms with Gasteiger partial charge in [0.1, 0.15) is 17.5 Å². The molecule has 24 heavy (non-hydrogen) atoms. The van der Waals surface area contributed by atoms with Gasteiger partial charge in [0.25, 0.3) is 0 Å². The van der Waals surface area contributed by atoms with Crippen molar-refractivity contribution in [2.24, 2.45) is 17.8 Å². The molecule has 4 aliphatic carbocycles. The lowest BCUT2D eigenvalue weighted by atomic mass is 9.47. The van der Waals surface area contributed by atoms with Crippen LogP contribution < -0.4 is 5.32 Å². The molecule has 124 valence electrons. The first-order valence-corrected chi connectivity index (χ1v) is 9.13. The highest BCUT2D eigenvalue weighted by Gasteiger charge is 2.60. The molecule has 2 aromatic rings. The lowest BCUT2D eigenvalue weighted by Crippen LogP contribution is -2.61. The zero-order chi connectivity index (χ0) is 16.1. The van der Waals surface area contributed by atoms with E-state index in [9.17, 15) is 4.39 Å². The first-order valence-electron chi connectivity index (χ1n) is 9.13. The van der Waals surface area contributed by atoms with Gasteiger partial charge in [0.15, 0.2) is 0 Å². The molecule has 4 bridgehead atoms. The van der Waals surface area contributed by atoms with Gasteiger partial charge < -0.3 is 5.32 Å². The Morgan fingerprint density at radius 1 is 1.17 bits per heavy atom. The normalized spacial score (nSPS) is 38.1. The molecule has 4 fully saturated rings. The van der Waals surface area contributed by atoms with E-state index in [4.69, 9.17) is 0 Å². The zero-order valence-electron chi connectivity index (χ0n) is 13.8. The second kappa shape index (κ2) is 4.19. The van der Waals surface area contributed by atoms with Crippen LogP contribution in [0.4, 0.5) is 10.1 Å². The molecule has 1 aromatic carbocycles. The summed E-state index contributed by atoms with van der Waals surface area (Å²) < 4.78 is 16.1. The van der Waals surface area contributed by atoms with Gasteiger partial charge in [-0.25, -0.2) is 4.39 Å². The van der Waals surface area contributed by atoms with Crippen LogP contribution in [0.5, 0.6) is 0 Å². The minimum absolute atomic E-state index is 0.0610. The monoisotopic (exact) mass is 324 g/mol. The Bertz CT molecular complexity index is 843. The summed E-state index contributed by atoms with van der Waals surface area (Å²) in [5, 5.41) is 12.9. The second-order valence-corrected chi connectivity index (χ2v) is 8.45. The fraction of sp³-hybridized carbons (Fsp3) is 0.579. The van der Waals surface area contributed by atoms with Gasteiger partial charge >= 0.3 is 0 Å². The molecule has 3 unspecified atom stereocenters. The van der Waals surface area contributed by atoms with Crippen LogP contribution in [0.3, 0.4) is 0 Å². The largest absolute Gasteiger partial charge is 0.379 e. The Morgan fingerprint density at radius 2 is 1.96 bits per heavy atom. The molecule has 1 aliphatic heterocycles. The molecular formula is C19H21FN4. The highest BCUT2D eigenvalue weighted by molar-refractivity contribution is 5.65. The van der Waals surface area contributed by atoms with Crippen molar-refractivity contribution in [3.05, 3.63) is 35.7 Å². The Labute approximate surface area is 140 Å². The first-order chi connectivity index (χ1) is 11.6. The van der Waals surface area contributed by atoms with Crippen LogP contribution in [0.1, 0.15) is 43.8 Å². The van der Waals surface area contributed by atoms with Crippen LogP contribution in [0.2, 0.25) is 0 Å². The van der Waals surface area contributed by atoms with E-state index in [0.717, 1.165) is 34.9 Å². The Hall–Kier alpha value is -1.91. The molecule has 4 nitrogen and oxygen atoms in total. The number of aryl methyl sites for hydroxylation is 1. The Kier molecular flexibility index (Phi) is 2.34. The standard InChI is InChI=1S/C19H21FN4/c1-10-22-23-18-19-8-11-4-12(9-19)6-13(5-11)17(19)21-15-3-2-14(20)7-16(15)24(10)18/h2-3,7,11-13,17,21H,4-6,8-9H2,1H3. The summed E-state index contributed by atoms with van der Waals surface area (Å²) >= 11 is 0. The van der Waals surface area contributed by atoms with Crippen LogP contribution in [0.15, 0.2) is 18.2 Å². The number of aromatic nitrogens is 3. The van der Waals surface area contributed by atoms with Crippen molar-refractivity contribution < 1.29 is 4.39 Å². The number of anilines is 1. The van der Waals surface area contributed by atoms with Crippen molar-refractivity contribution in [2.45, 2.75) is 50.5 Å². The number of nitrogens with one attached hydrogen (secondary N) is 1. The van der Waals surface area contributed by atoms with E-state index < -0.39 is 0 Å². The molecule has 0 amide bonds. The first kappa shape index (κ1) is 13.4. The van der Waals surface area contributed by atoms with Gasteiger partial charge in [-0.15, -0.1) is 10.2 Å². The van der Waals surface area contributed by atoms with E-state index in [-0.39, 0.29) is 11.2 Å². The minimum Gasteiger partial charge on any atom is -0.379 e. The number of rotatable bonds is 0. The summed E-state index contributed by atoms with van der Waals surface area (Å²) in [6.45, 7) is 1.98. The summed E-state index contributed by atoms with van der Waals surface area (Å²) in [6, 6.07) is 5.47. The van der Waals surface area contributed by atoms with Crippen molar-refractivity contribution in [3.8, 4) is 5.69 Å². The van der Waals surface area contributed by atoms with Gasteiger partial charge in [-0.2, -0.15) is 0 Å². The number of benzene rings is 1. The predicted molar refractivity (Wildman–Crippen MR) is 88.7 cm³/mol. The SMILES string of the molecule is Cc1nnc2n1-c1cc(F)ccc1NC1C3CC4CC(C3)CC21C4. The van der Waals surface area contributed by atoms with E-state index in [1.165, 1.54) is 32.1 Å². The Balaban J connectivity index is 1.66. The zero-order valence-corrected chi connectivity index (χ0v) is 13.8. The fourth-order valence-electron chi connectivity index (χ4n) is 6.57. The maximum absolute atomic E-state index is 14.0. The molecule has 5 aliphatic rings. The van der Waals surface area contributed by atoms with Crippen molar-refractivity contribution in [2.75, 3.05) is 5.32 Å². The fourth-order valence-corrected chi connectivity index (χ4v) is 6.57. The highest BCUT2D eigenvalue weighted by atomic mass is 19.1. The lowest BCUT2D eigenvalue weighted by molar-refractivity contribution is -0.0215. The molecule has 7 rings (SSSR count). The smallest absolute Gasteiger partial charge is 0.146 e. The average molecular weight is 324 g/mol. The molecule has 0 saturated heterocycles. The molecule has 5 heteroatoms. The lowest BCUT2D eigenvalue weighted by Gasteiger charge is -2.60. The molecule has 0 radical (unpaired) electrons.